The van der Waals surface area contributed by atoms with E-state index in [4.69, 9.17) is 15.4 Å². The summed E-state index contributed by atoms with van der Waals surface area (Å²) in [6.45, 7) is 4.07. The Morgan fingerprint density at radius 1 is 1.10 bits per heavy atom. The summed E-state index contributed by atoms with van der Waals surface area (Å²) >= 11 is 0. The molecule has 0 saturated heterocycles. The van der Waals surface area contributed by atoms with Gasteiger partial charge in [0.1, 0.15) is 11.3 Å². The van der Waals surface area contributed by atoms with Crippen LogP contribution in [0, 0.1) is 25.2 Å². The number of fused-ring (bicyclic) bond motifs is 1. The van der Waals surface area contributed by atoms with Crippen molar-refractivity contribution >= 4 is 11.0 Å². The summed E-state index contributed by atoms with van der Waals surface area (Å²) in [5, 5.41) is 9.95. The van der Waals surface area contributed by atoms with Gasteiger partial charge in [-0.15, -0.1) is 0 Å². The van der Waals surface area contributed by atoms with Crippen LogP contribution in [0.15, 0.2) is 46.9 Å². The molecule has 0 aliphatic carbocycles. The number of rotatable bonds is 2. The first-order valence-corrected chi connectivity index (χ1v) is 6.85. The third-order valence-electron chi connectivity index (χ3n) is 3.81. The predicted molar refractivity (Wildman–Crippen MR) is 82.9 cm³/mol. The van der Waals surface area contributed by atoms with Gasteiger partial charge in [-0.3, -0.25) is 0 Å². The van der Waals surface area contributed by atoms with Crippen LogP contribution in [0.4, 0.5) is 0 Å². The number of nitrogens with two attached hydrogens (primary N) is 1. The van der Waals surface area contributed by atoms with E-state index in [1.54, 1.807) is 12.1 Å². The molecule has 3 aromatic rings. The number of benzene rings is 2. The van der Waals surface area contributed by atoms with Crippen LogP contribution in [0.25, 0.3) is 11.0 Å². The molecule has 1 heterocycles. The molecule has 0 bridgehead atoms. The molecule has 3 heteroatoms. The second kappa shape index (κ2) is 5.08. The number of furan rings is 1. The van der Waals surface area contributed by atoms with Crippen molar-refractivity contribution in [1.82, 2.24) is 0 Å². The average molecular weight is 276 g/mol. The molecule has 0 aliphatic heterocycles. The van der Waals surface area contributed by atoms with E-state index in [2.05, 4.69) is 18.2 Å². The first-order valence-electron chi connectivity index (χ1n) is 6.85. The highest BCUT2D eigenvalue weighted by atomic mass is 16.3. The lowest BCUT2D eigenvalue weighted by molar-refractivity contribution is 0.521. The van der Waals surface area contributed by atoms with E-state index in [0.29, 0.717) is 5.56 Å². The fourth-order valence-electron chi connectivity index (χ4n) is 2.56. The Hall–Kier alpha value is -2.57. The molecule has 0 radical (unpaired) electrons. The van der Waals surface area contributed by atoms with Crippen LogP contribution in [0.3, 0.4) is 0 Å². The van der Waals surface area contributed by atoms with Gasteiger partial charge in [-0.1, -0.05) is 24.3 Å². The molecule has 0 saturated carbocycles. The third kappa shape index (κ3) is 2.31. The van der Waals surface area contributed by atoms with Crippen LogP contribution < -0.4 is 5.73 Å². The van der Waals surface area contributed by atoms with Gasteiger partial charge in [-0.2, -0.15) is 5.26 Å². The normalized spacial score (nSPS) is 12.3. The van der Waals surface area contributed by atoms with Gasteiger partial charge in [-0.05, 0) is 43.2 Å². The summed E-state index contributed by atoms with van der Waals surface area (Å²) in [5.74, 6) is 0.778. The number of nitrogens with zero attached hydrogens (tertiary/aromatic N) is 1. The number of aryl methyl sites for hydroxylation is 2. The molecule has 0 fully saturated rings. The molecular formula is C18H16N2O. The van der Waals surface area contributed by atoms with Crippen LogP contribution >= 0.6 is 0 Å². The van der Waals surface area contributed by atoms with Crippen molar-refractivity contribution in [2.75, 3.05) is 0 Å². The Bertz CT molecular complexity index is 838. The zero-order chi connectivity index (χ0) is 15.0. The van der Waals surface area contributed by atoms with Crippen molar-refractivity contribution in [2.24, 2.45) is 5.73 Å². The van der Waals surface area contributed by atoms with Crippen molar-refractivity contribution in [1.29, 1.82) is 5.26 Å². The summed E-state index contributed by atoms with van der Waals surface area (Å²) in [6, 6.07) is 15.2. The standard InChI is InChI=1S/C18H16N2O/c1-11-3-8-15-12(2)18(21-16(15)9-11)17(20)14-6-4-13(10-19)5-7-14/h3-9,17H,20H2,1-2H3. The Morgan fingerprint density at radius 3 is 2.48 bits per heavy atom. The maximum atomic E-state index is 8.85. The first-order chi connectivity index (χ1) is 10.1. The molecular weight excluding hydrogens is 260 g/mol. The van der Waals surface area contributed by atoms with Gasteiger partial charge in [0.2, 0.25) is 0 Å². The van der Waals surface area contributed by atoms with E-state index < -0.39 is 0 Å². The predicted octanol–water partition coefficient (Wildman–Crippen LogP) is 3.97. The highest BCUT2D eigenvalue weighted by molar-refractivity contribution is 5.83. The van der Waals surface area contributed by atoms with Crippen molar-refractivity contribution < 1.29 is 4.42 Å². The molecule has 104 valence electrons. The molecule has 0 amide bonds. The smallest absolute Gasteiger partial charge is 0.134 e. The van der Waals surface area contributed by atoms with Gasteiger partial charge >= 0.3 is 0 Å². The van der Waals surface area contributed by atoms with Crippen LogP contribution in [0.5, 0.6) is 0 Å². The minimum absolute atomic E-state index is 0.328. The van der Waals surface area contributed by atoms with E-state index >= 15 is 0 Å². The number of hydrogen-bond acceptors (Lipinski definition) is 3. The minimum atomic E-state index is -0.328. The fourth-order valence-corrected chi connectivity index (χ4v) is 2.56. The molecule has 3 rings (SSSR count). The van der Waals surface area contributed by atoms with Gasteiger partial charge in [0.15, 0.2) is 0 Å². The van der Waals surface area contributed by atoms with Gasteiger partial charge in [-0.25, -0.2) is 0 Å². The van der Waals surface area contributed by atoms with Crippen molar-refractivity contribution in [2.45, 2.75) is 19.9 Å². The van der Waals surface area contributed by atoms with Crippen molar-refractivity contribution in [3.8, 4) is 6.07 Å². The Labute approximate surface area is 123 Å². The molecule has 1 aromatic heterocycles. The molecule has 3 nitrogen and oxygen atoms in total. The highest BCUT2D eigenvalue weighted by Crippen LogP contribution is 2.32. The van der Waals surface area contributed by atoms with E-state index in [1.165, 1.54) is 0 Å². The van der Waals surface area contributed by atoms with Gasteiger partial charge in [0.25, 0.3) is 0 Å². The first kappa shape index (κ1) is 13.4. The molecule has 1 atom stereocenters. The molecule has 0 aliphatic rings. The van der Waals surface area contributed by atoms with Gasteiger partial charge < -0.3 is 10.2 Å². The lowest BCUT2D eigenvalue weighted by Crippen LogP contribution is -2.11. The number of hydrogen-bond donors (Lipinski definition) is 1. The van der Waals surface area contributed by atoms with Crippen molar-refractivity contribution in [3.05, 3.63) is 70.5 Å². The van der Waals surface area contributed by atoms with Crippen LogP contribution in [0.2, 0.25) is 0 Å². The van der Waals surface area contributed by atoms with Crippen LogP contribution in [-0.2, 0) is 0 Å². The van der Waals surface area contributed by atoms with Gasteiger partial charge in [0, 0.05) is 10.9 Å². The second-order valence-electron chi connectivity index (χ2n) is 5.30. The summed E-state index contributed by atoms with van der Waals surface area (Å²) in [5.41, 5.74) is 11.0. The zero-order valence-electron chi connectivity index (χ0n) is 12.1. The van der Waals surface area contributed by atoms with E-state index in [-0.39, 0.29) is 6.04 Å². The average Bonchev–Trinajstić information content (AvgIpc) is 2.83. The lowest BCUT2D eigenvalue weighted by Gasteiger charge is -2.10. The summed E-state index contributed by atoms with van der Waals surface area (Å²) in [4.78, 5) is 0. The fraction of sp³-hybridized carbons (Fsp3) is 0.167. The molecule has 0 spiro atoms. The molecule has 1 unspecified atom stereocenters. The largest absolute Gasteiger partial charge is 0.459 e. The topological polar surface area (TPSA) is 63.0 Å². The summed E-state index contributed by atoms with van der Waals surface area (Å²) in [7, 11) is 0. The highest BCUT2D eigenvalue weighted by Gasteiger charge is 2.18. The minimum Gasteiger partial charge on any atom is -0.459 e. The lowest BCUT2D eigenvalue weighted by atomic mass is 10.0. The van der Waals surface area contributed by atoms with Crippen LogP contribution in [-0.4, -0.2) is 0 Å². The zero-order valence-corrected chi connectivity index (χ0v) is 12.1. The summed E-state index contributed by atoms with van der Waals surface area (Å²) in [6.07, 6.45) is 0. The van der Waals surface area contributed by atoms with Crippen LogP contribution in [0.1, 0.15) is 34.1 Å². The van der Waals surface area contributed by atoms with E-state index in [0.717, 1.165) is 33.4 Å². The monoisotopic (exact) mass is 276 g/mol. The maximum absolute atomic E-state index is 8.85. The Kier molecular flexibility index (Phi) is 3.25. The quantitative estimate of drug-likeness (QED) is 0.770. The number of nitriles is 1. The molecule has 21 heavy (non-hydrogen) atoms. The molecule has 2 aromatic carbocycles. The Morgan fingerprint density at radius 2 is 1.81 bits per heavy atom. The second-order valence-corrected chi connectivity index (χ2v) is 5.30. The molecule has 2 N–H and O–H groups in total. The SMILES string of the molecule is Cc1ccc2c(C)c(C(N)c3ccc(C#N)cc3)oc2c1. The third-order valence-corrected chi connectivity index (χ3v) is 3.81. The summed E-state index contributed by atoms with van der Waals surface area (Å²) < 4.78 is 5.96. The Balaban J connectivity index is 2.06. The van der Waals surface area contributed by atoms with E-state index in [9.17, 15) is 0 Å². The van der Waals surface area contributed by atoms with E-state index in [1.807, 2.05) is 32.0 Å². The van der Waals surface area contributed by atoms with Gasteiger partial charge in [0.05, 0.1) is 17.7 Å². The van der Waals surface area contributed by atoms with Crippen molar-refractivity contribution in [3.63, 3.8) is 0 Å². The maximum Gasteiger partial charge on any atom is 0.134 e.